The summed E-state index contributed by atoms with van der Waals surface area (Å²) < 4.78 is 63.1. The van der Waals surface area contributed by atoms with E-state index < -0.39 is 29.7 Å². The summed E-state index contributed by atoms with van der Waals surface area (Å²) in [6, 6.07) is 0. The van der Waals surface area contributed by atoms with Crippen molar-refractivity contribution >= 4 is 41.8 Å². The van der Waals surface area contributed by atoms with Crippen molar-refractivity contribution < 1.29 is 25.9 Å². The molecule has 0 unspecified atom stereocenters. The van der Waals surface area contributed by atoms with E-state index in [0.29, 0.717) is 50.0 Å². The summed E-state index contributed by atoms with van der Waals surface area (Å²) in [6.45, 7) is 6.99. The van der Waals surface area contributed by atoms with Crippen LogP contribution in [0.4, 0.5) is 0 Å². The second-order valence-corrected chi connectivity index (χ2v) is 12.2. The minimum atomic E-state index is -4.10. The Hall–Kier alpha value is 0.520. The Bertz CT molecular complexity index is 510. The molecular formula is C14H30O6S4. The predicted octanol–water partition coefficient (Wildman–Crippen LogP) is 4.04. The van der Waals surface area contributed by atoms with Gasteiger partial charge in [-0.2, -0.15) is 16.8 Å². The van der Waals surface area contributed by atoms with Gasteiger partial charge in [0, 0.05) is 11.5 Å². The molecule has 0 saturated heterocycles. The summed E-state index contributed by atoms with van der Waals surface area (Å²) in [4.78, 5) is 0. The van der Waals surface area contributed by atoms with Crippen molar-refractivity contribution in [2.75, 3.05) is 11.5 Å². The van der Waals surface area contributed by atoms with Crippen molar-refractivity contribution in [2.45, 2.75) is 75.7 Å². The van der Waals surface area contributed by atoms with Gasteiger partial charge in [0.05, 0.1) is 9.49 Å². The van der Waals surface area contributed by atoms with Crippen LogP contribution in [0.5, 0.6) is 0 Å². The first-order valence-electron chi connectivity index (χ1n) is 8.13. The van der Waals surface area contributed by atoms with E-state index in [0.717, 1.165) is 0 Å². The van der Waals surface area contributed by atoms with Gasteiger partial charge in [0.15, 0.2) is 0 Å². The first-order valence-corrected chi connectivity index (χ1v) is 13.5. The van der Waals surface area contributed by atoms with Gasteiger partial charge < -0.3 is 0 Å². The molecule has 0 radical (unpaired) electrons. The zero-order chi connectivity index (χ0) is 19.1. The van der Waals surface area contributed by atoms with Gasteiger partial charge in [-0.3, -0.25) is 9.11 Å². The maximum atomic E-state index is 11.6. The minimum absolute atomic E-state index is 0.349. The molecule has 0 saturated carbocycles. The second kappa shape index (κ2) is 10.0. The van der Waals surface area contributed by atoms with E-state index in [1.165, 1.54) is 21.6 Å². The molecule has 0 aliphatic carbocycles. The lowest BCUT2D eigenvalue weighted by atomic mass is 9.99. The molecule has 6 nitrogen and oxygen atoms in total. The molecule has 24 heavy (non-hydrogen) atoms. The lowest BCUT2D eigenvalue weighted by molar-refractivity contribution is 0.398. The van der Waals surface area contributed by atoms with Crippen LogP contribution in [0.25, 0.3) is 0 Å². The van der Waals surface area contributed by atoms with E-state index in [2.05, 4.69) is 0 Å². The number of hydrogen-bond acceptors (Lipinski definition) is 6. The molecule has 0 aromatic rings. The van der Waals surface area contributed by atoms with Crippen LogP contribution in [0.1, 0.15) is 66.2 Å². The van der Waals surface area contributed by atoms with Gasteiger partial charge in [0.25, 0.3) is 20.2 Å². The zero-order valence-electron chi connectivity index (χ0n) is 14.8. The molecule has 2 N–H and O–H groups in total. The van der Waals surface area contributed by atoms with Crippen LogP contribution in [0.3, 0.4) is 0 Å². The van der Waals surface area contributed by atoms with Crippen molar-refractivity contribution in [2.24, 2.45) is 0 Å². The topological polar surface area (TPSA) is 109 Å². The summed E-state index contributed by atoms with van der Waals surface area (Å²) in [5, 5.41) is 0. The van der Waals surface area contributed by atoms with Crippen LogP contribution < -0.4 is 0 Å². The third kappa shape index (κ3) is 6.05. The number of rotatable bonds is 13. The molecule has 0 spiro atoms. The van der Waals surface area contributed by atoms with Gasteiger partial charge in [-0.15, -0.1) is 0 Å². The summed E-state index contributed by atoms with van der Waals surface area (Å²) in [5.41, 5.74) is 0. The van der Waals surface area contributed by atoms with E-state index >= 15 is 0 Å². The molecule has 0 rings (SSSR count). The van der Waals surface area contributed by atoms with E-state index in [4.69, 9.17) is 0 Å². The van der Waals surface area contributed by atoms with Crippen LogP contribution in [0.15, 0.2) is 0 Å². The van der Waals surface area contributed by atoms with Gasteiger partial charge in [-0.05, 0) is 38.5 Å². The third-order valence-electron chi connectivity index (χ3n) is 5.04. The molecule has 0 aromatic carbocycles. The molecule has 0 fully saturated rings. The largest absolute Gasteiger partial charge is 0.285 e. The highest BCUT2D eigenvalue weighted by Gasteiger charge is 2.40. The Morgan fingerprint density at radius 3 is 1.08 bits per heavy atom. The lowest BCUT2D eigenvalue weighted by Crippen LogP contribution is -2.38. The van der Waals surface area contributed by atoms with Crippen molar-refractivity contribution in [3.8, 4) is 0 Å². The Morgan fingerprint density at radius 2 is 0.917 bits per heavy atom. The van der Waals surface area contributed by atoms with Gasteiger partial charge in [0.2, 0.25) is 0 Å². The summed E-state index contributed by atoms with van der Waals surface area (Å²) >= 11 is 0. The molecule has 10 heteroatoms. The average molecular weight is 423 g/mol. The molecule has 0 aliphatic rings. The molecule has 0 aliphatic heterocycles. The Labute approximate surface area is 154 Å². The lowest BCUT2D eigenvalue weighted by Gasteiger charge is -2.28. The quantitative estimate of drug-likeness (QED) is 0.260. The highest BCUT2D eigenvalue weighted by atomic mass is 33.1. The molecule has 0 atom stereocenters. The van der Waals surface area contributed by atoms with Gasteiger partial charge >= 0.3 is 0 Å². The van der Waals surface area contributed by atoms with Crippen LogP contribution in [-0.4, -0.2) is 46.9 Å². The Kier molecular flexibility index (Phi) is 10.2. The Morgan fingerprint density at radius 1 is 0.667 bits per heavy atom. The van der Waals surface area contributed by atoms with Crippen molar-refractivity contribution in [3.63, 3.8) is 0 Å². The summed E-state index contributed by atoms with van der Waals surface area (Å²) in [5.74, 6) is 1.09. The first-order chi connectivity index (χ1) is 10.9. The minimum Gasteiger partial charge on any atom is -0.285 e. The van der Waals surface area contributed by atoms with E-state index in [9.17, 15) is 25.9 Å². The summed E-state index contributed by atoms with van der Waals surface area (Å²) in [6.07, 6.45) is 2.11. The van der Waals surface area contributed by atoms with E-state index in [-0.39, 0.29) is 0 Å². The summed E-state index contributed by atoms with van der Waals surface area (Å²) in [7, 11) is -5.28. The highest BCUT2D eigenvalue weighted by Crippen LogP contribution is 2.36. The van der Waals surface area contributed by atoms with Crippen LogP contribution in [0, 0.1) is 0 Å². The second-order valence-electron chi connectivity index (χ2n) is 5.87. The molecule has 0 heterocycles. The highest BCUT2D eigenvalue weighted by molar-refractivity contribution is 8.76. The van der Waals surface area contributed by atoms with Crippen LogP contribution in [-0.2, 0) is 20.2 Å². The fourth-order valence-corrected chi connectivity index (χ4v) is 7.60. The third-order valence-corrected chi connectivity index (χ3v) is 11.2. The van der Waals surface area contributed by atoms with Crippen molar-refractivity contribution in [1.82, 2.24) is 0 Å². The Balaban J connectivity index is 4.51. The maximum absolute atomic E-state index is 11.6. The smallest absolute Gasteiger partial charge is 0.270 e. The van der Waals surface area contributed by atoms with Crippen LogP contribution >= 0.6 is 21.6 Å². The van der Waals surface area contributed by atoms with E-state index in [1.807, 2.05) is 0 Å². The van der Waals surface area contributed by atoms with Crippen molar-refractivity contribution in [1.29, 1.82) is 0 Å². The molecule has 0 aromatic heterocycles. The van der Waals surface area contributed by atoms with Gasteiger partial charge in [-0.25, -0.2) is 0 Å². The SMILES string of the molecule is CCC(CC)(CCSSCCC(CC)(CC)S(=O)(=O)O)S(=O)(=O)O. The van der Waals surface area contributed by atoms with Crippen molar-refractivity contribution in [3.05, 3.63) is 0 Å². The molecule has 146 valence electrons. The number of hydrogen-bond donors (Lipinski definition) is 2. The first kappa shape index (κ1) is 24.5. The zero-order valence-corrected chi connectivity index (χ0v) is 18.1. The van der Waals surface area contributed by atoms with Gasteiger partial charge in [0.1, 0.15) is 0 Å². The van der Waals surface area contributed by atoms with Gasteiger partial charge in [-0.1, -0.05) is 49.3 Å². The fourth-order valence-electron chi connectivity index (χ4n) is 2.77. The van der Waals surface area contributed by atoms with E-state index in [1.54, 1.807) is 27.7 Å². The standard InChI is InChI=1S/C14H30O6S4/c1-5-13(6-2,23(15,16)17)9-11-21-22-12-10-14(7-3,8-4)24(18,19)20/h5-12H2,1-4H3,(H,15,16,17)(H,18,19,20). The average Bonchev–Trinajstić information content (AvgIpc) is 2.48. The van der Waals surface area contributed by atoms with Crippen LogP contribution in [0.2, 0.25) is 0 Å². The predicted molar refractivity (Wildman–Crippen MR) is 104 cm³/mol. The maximum Gasteiger partial charge on any atom is 0.270 e. The molecular weight excluding hydrogens is 392 g/mol. The monoisotopic (exact) mass is 422 g/mol. The molecule has 0 bridgehead atoms. The molecule has 0 amide bonds. The fraction of sp³-hybridized carbons (Fsp3) is 1.00. The normalized spacial score (nSPS) is 14.1.